The average molecular weight is 178 g/mol. The van der Waals surface area contributed by atoms with Gasteiger partial charge in [-0.05, 0) is 26.2 Å². The highest BCUT2D eigenvalue weighted by Crippen LogP contribution is 2.19. The molecule has 0 aromatic carbocycles. The fourth-order valence-corrected chi connectivity index (χ4v) is 1.65. The molecule has 0 N–H and O–H groups in total. The van der Waals surface area contributed by atoms with Gasteiger partial charge in [-0.2, -0.15) is 5.26 Å². The number of nitriles is 1. The van der Waals surface area contributed by atoms with Crippen LogP contribution in [0.2, 0.25) is 0 Å². The van der Waals surface area contributed by atoms with Gasteiger partial charge in [0, 0.05) is 18.2 Å². The van der Waals surface area contributed by atoms with E-state index in [1.54, 1.807) is 0 Å². The van der Waals surface area contributed by atoms with E-state index in [0.29, 0.717) is 6.04 Å². The second-order valence-electron chi connectivity index (χ2n) is 3.89. The molecule has 0 heterocycles. The molecule has 1 unspecified atom stereocenters. The summed E-state index contributed by atoms with van der Waals surface area (Å²) >= 11 is 0. The third-order valence-electron chi connectivity index (χ3n) is 2.57. The molecule has 2 nitrogen and oxygen atoms in total. The van der Waals surface area contributed by atoms with E-state index in [-0.39, 0.29) is 5.92 Å². The Morgan fingerprint density at radius 1 is 1.46 bits per heavy atom. The third kappa shape index (κ3) is 4.07. The Hall–Kier alpha value is -0.840. The highest BCUT2D eigenvalue weighted by molar-refractivity contribution is 5.58. The maximum Gasteiger partial charge on any atom is 0.0656 e. The van der Waals surface area contributed by atoms with Crippen LogP contribution >= 0.6 is 0 Å². The Morgan fingerprint density at radius 2 is 2.15 bits per heavy atom. The molecule has 1 aliphatic carbocycles. The molecule has 0 spiro atoms. The summed E-state index contributed by atoms with van der Waals surface area (Å²) in [5, 5.41) is 8.56. The van der Waals surface area contributed by atoms with Crippen molar-refractivity contribution < 1.29 is 0 Å². The molecule has 1 atom stereocenters. The van der Waals surface area contributed by atoms with E-state index >= 15 is 0 Å². The van der Waals surface area contributed by atoms with Crippen molar-refractivity contribution in [1.82, 2.24) is 0 Å². The van der Waals surface area contributed by atoms with Gasteiger partial charge in [0.05, 0.1) is 6.07 Å². The fraction of sp³-hybridized carbons (Fsp3) is 0.818. The number of rotatable bonds is 3. The van der Waals surface area contributed by atoms with Crippen molar-refractivity contribution in [2.75, 3.05) is 0 Å². The number of nitrogens with zero attached hydrogens (tertiary/aromatic N) is 2. The van der Waals surface area contributed by atoms with Crippen molar-refractivity contribution in [3.05, 3.63) is 0 Å². The van der Waals surface area contributed by atoms with Crippen molar-refractivity contribution >= 4 is 6.21 Å². The summed E-state index contributed by atoms with van der Waals surface area (Å²) in [5.74, 6) is 0.118. The van der Waals surface area contributed by atoms with Crippen LogP contribution in [0.4, 0.5) is 0 Å². The molecule has 13 heavy (non-hydrogen) atoms. The molecule has 0 aliphatic heterocycles. The van der Waals surface area contributed by atoms with E-state index < -0.39 is 0 Å². The van der Waals surface area contributed by atoms with Crippen LogP contribution in [0.25, 0.3) is 0 Å². The molecule has 72 valence electrons. The molecule has 1 saturated carbocycles. The van der Waals surface area contributed by atoms with Gasteiger partial charge in [0.2, 0.25) is 0 Å². The second-order valence-corrected chi connectivity index (χ2v) is 3.89. The van der Waals surface area contributed by atoms with Gasteiger partial charge in [0.25, 0.3) is 0 Å². The largest absolute Gasteiger partial charge is 0.294 e. The zero-order valence-electron chi connectivity index (χ0n) is 8.37. The number of aliphatic imine (C=N–C) groups is 1. The lowest BCUT2D eigenvalue weighted by Crippen LogP contribution is -2.09. The lowest BCUT2D eigenvalue weighted by molar-refractivity contribution is 0.443. The standard InChI is InChI=1S/C11H18N2/c1-10(9-12)7-8-13-11-5-3-2-4-6-11/h8,10-11H,2-7H2,1H3. The van der Waals surface area contributed by atoms with Crippen molar-refractivity contribution in [3.8, 4) is 6.07 Å². The first-order valence-electron chi connectivity index (χ1n) is 5.24. The van der Waals surface area contributed by atoms with Crippen LogP contribution in [0.5, 0.6) is 0 Å². The van der Waals surface area contributed by atoms with Crippen molar-refractivity contribution in [1.29, 1.82) is 5.26 Å². The molecule has 1 aliphatic rings. The Morgan fingerprint density at radius 3 is 2.77 bits per heavy atom. The van der Waals surface area contributed by atoms with E-state index in [9.17, 15) is 0 Å². The third-order valence-corrected chi connectivity index (χ3v) is 2.57. The molecule has 0 aromatic heterocycles. The predicted molar refractivity (Wildman–Crippen MR) is 54.8 cm³/mol. The topological polar surface area (TPSA) is 36.1 Å². The first-order chi connectivity index (χ1) is 6.33. The Labute approximate surface area is 80.7 Å². The molecule has 0 amide bonds. The first-order valence-corrected chi connectivity index (χ1v) is 5.24. The Bertz CT molecular complexity index is 197. The molecule has 1 fully saturated rings. The molecule has 1 rings (SSSR count). The maximum atomic E-state index is 8.56. The Balaban J connectivity index is 2.19. The summed E-state index contributed by atoms with van der Waals surface area (Å²) < 4.78 is 0. The maximum absolute atomic E-state index is 8.56. The van der Waals surface area contributed by atoms with Crippen LogP contribution in [0.15, 0.2) is 4.99 Å². The lowest BCUT2D eigenvalue weighted by Gasteiger charge is -2.17. The van der Waals surface area contributed by atoms with Gasteiger partial charge in [0.1, 0.15) is 0 Å². The number of hydrogen-bond donors (Lipinski definition) is 0. The van der Waals surface area contributed by atoms with Gasteiger partial charge in [-0.1, -0.05) is 19.3 Å². The summed E-state index contributed by atoms with van der Waals surface area (Å²) in [5.41, 5.74) is 0. The van der Waals surface area contributed by atoms with Gasteiger partial charge in [-0.15, -0.1) is 0 Å². The summed E-state index contributed by atoms with van der Waals surface area (Å²) in [6.45, 7) is 1.94. The van der Waals surface area contributed by atoms with Gasteiger partial charge >= 0.3 is 0 Å². The van der Waals surface area contributed by atoms with Crippen LogP contribution in [-0.4, -0.2) is 12.3 Å². The van der Waals surface area contributed by atoms with Gasteiger partial charge in [-0.25, -0.2) is 0 Å². The highest BCUT2D eigenvalue weighted by atomic mass is 14.8. The van der Waals surface area contributed by atoms with E-state index in [2.05, 4.69) is 11.1 Å². The zero-order chi connectivity index (χ0) is 9.52. The van der Waals surface area contributed by atoms with Crippen molar-refractivity contribution in [2.24, 2.45) is 10.9 Å². The minimum Gasteiger partial charge on any atom is -0.294 e. The summed E-state index contributed by atoms with van der Waals surface area (Å²) in [7, 11) is 0. The van der Waals surface area contributed by atoms with Crippen LogP contribution in [0, 0.1) is 17.2 Å². The molecule has 0 radical (unpaired) electrons. The normalized spacial score (nSPS) is 21.5. The van der Waals surface area contributed by atoms with Gasteiger partial charge < -0.3 is 0 Å². The zero-order valence-corrected chi connectivity index (χ0v) is 8.37. The van der Waals surface area contributed by atoms with Crippen LogP contribution < -0.4 is 0 Å². The van der Waals surface area contributed by atoms with Crippen LogP contribution in [0.1, 0.15) is 45.4 Å². The van der Waals surface area contributed by atoms with E-state index in [4.69, 9.17) is 5.26 Å². The molecule has 0 bridgehead atoms. The molecule has 2 heteroatoms. The smallest absolute Gasteiger partial charge is 0.0656 e. The SMILES string of the molecule is CC(C#N)CC=NC1CCCCC1. The monoisotopic (exact) mass is 178 g/mol. The molecular weight excluding hydrogens is 160 g/mol. The minimum absolute atomic E-state index is 0.118. The van der Waals surface area contributed by atoms with E-state index in [1.807, 2.05) is 13.1 Å². The van der Waals surface area contributed by atoms with Gasteiger partial charge in [0.15, 0.2) is 0 Å². The van der Waals surface area contributed by atoms with Gasteiger partial charge in [-0.3, -0.25) is 4.99 Å². The second kappa shape index (κ2) is 5.75. The average Bonchev–Trinajstić information content (AvgIpc) is 2.19. The first kappa shape index (κ1) is 10.2. The minimum atomic E-state index is 0.118. The summed E-state index contributed by atoms with van der Waals surface area (Å²) in [6, 6.07) is 2.77. The molecule has 0 saturated heterocycles. The molecular formula is C11H18N2. The Kier molecular flexibility index (Phi) is 4.53. The lowest BCUT2D eigenvalue weighted by atomic mass is 9.96. The predicted octanol–water partition coefficient (Wildman–Crippen LogP) is 2.94. The summed E-state index contributed by atoms with van der Waals surface area (Å²) in [6.07, 6.45) is 9.29. The molecule has 0 aromatic rings. The quantitative estimate of drug-likeness (QED) is 0.612. The van der Waals surface area contributed by atoms with Crippen LogP contribution in [-0.2, 0) is 0 Å². The van der Waals surface area contributed by atoms with Crippen molar-refractivity contribution in [2.45, 2.75) is 51.5 Å². The van der Waals surface area contributed by atoms with Crippen molar-refractivity contribution in [3.63, 3.8) is 0 Å². The number of hydrogen-bond acceptors (Lipinski definition) is 2. The van der Waals surface area contributed by atoms with E-state index in [1.165, 1.54) is 32.1 Å². The highest BCUT2D eigenvalue weighted by Gasteiger charge is 2.10. The summed E-state index contributed by atoms with van der Waals surface area (Å²) in [4.78, 5) is 4.50. The fourth-order valence-electron chi connectivity index (χ4n) is 1.65. The van der Waals surface area contributed by atoms with E-state index in [0.717, 1.165) is 6.42 Å². The van der Waals surface area contributed by atoms with Crippen LogP contribution in [0.3, 0.4) is 0 Å².